The lowest BCUT2D eigenvalue weighted by Crippen LogP contribution is -2.38. The Bertz CT molecular complexity index is 1000. The van der Waals surface area contributed by atoms with E-state index < -0.39 is 18.0 Å². The first kappa shape index (κ1) is 25.2. The fourth-order valence-electron chi connectivity index (χ4n) is 2.48. The van der Waals surface area contributed by atoms with E-state index in [9.17, 15) is 9.50 Å². The average molecular weight is 488 g/mol. The molecule has 168 valence electrons. The standard InChI is InChI=1S/C20H23ClFN5O2S.ClH/c1-10(2)25-18-5-4-12(8-24-18)19-26-27-20(30-19)13-6-15(22)17(7-14(13)21)29-9-16(23)11(3)28;/h4-8,10-11,16,28H,9,23H2,1-3H3,(H,24,25);1H/t11-,16-;/m1./s1. The molecule has 0 amide bonds. The van der Waals surface area contributed by atoms with Crippen LogP contribution in [0.3, 0.4) is 0 Å². The number of nitrogens with zero attached hydrogens (tertiary/aromatic N) is 3. The summed E-state index contributed by atoms with van der Waals surface area (Å²) in [5.41, 5.74) is 6.92. The summed E-state index contributed by atoms with van der Waals surface area (Å²) in [4.78, 5) is 4.36. The summed E-state index contributed by atoms with van der Waals surface area (Å²) in [6.45, 7) is 5.57. The summed E-state index contributed by atoms with van der Waals surface area (Å²) in [6, 6.07) is 6.03. The van der Waals surface area contributed by atoms with Crippen molar-refractivity contribution in [2.45, 2.75) is 39.0 Å². The minimum Gasteiger partial charge on any atom is -0.489 e. The van der Waals surface area contributed by atoms with Gasteiger partial charge in [-0.15, -0.1) is 22.6 Å². The normalized spacial score (nSPS) is 12.9. The highest BCUT2D eigenvalue weighted by Crippen LogP contribution is 2.37. The first-order valence-corrected chi connectivity index (χ1v) is 10.6. The number of nitrogens with two attached hydrogens (primary N) is 1. The first-order valence-electron chi connectivity index (χ1n) is 9.37. The second-order valence-corrected chi connectivity index (χ2v) is 8.51. The van der Waals surface area contributed by atoms with Gasteiger partial charge in [-0.1, -0.05) is 22.9 Å². The average Bonchev–Trinajstić information content (AvgIpc) is 3.18. The number of anilines is 1. The zero-order chi connectivity index (χ0) is 21.8. The van der Waals surface area contributed by atoms with Crippen molar-refractivity contribution < 1.29 is 14.2 Å². The maximum atomic E-state index is 14.5. The summed E-state index contributed by atoms with van der Waals surface area (Å²) in [6.07, 6.45) is 0.937. The molecule has 2 atom stereocenters. The number of aliphatic hydroxyl groups is 1. The van der Waals surface area contributed by atoms with E-state index >= 15 is 0 Å². The van der Waals surface area contributed by atoms with Crippen molar-refractivity contribution in [2.24, 2.45) is 5.73 Å². The van der Waals surface area contributed by atoms with Crippen LogP contribution in [0.1, 0.15) is 20.8 Å². The van der Waals surface area contributed by atoms with Crippen LogP contribution in [0.5, 0.6) is 5.75 Å². The Labute approximate surface area is 195 Å². The number of aliphatic hydroxyl groups excluding tert-OH is 1. The molecule has 0 fully saturated rings. The van der Waals surface area contributed by atoms with E-state index in [1.807, 2.05) is 26.0 Å². The maximum absolute atomic E-state index is 14.5. The lowest BCUT2D eigenvalue weighted by molar-refractivity contribution is 0.129. The fourth-order valence-corrected chi connectivity index (χ4v) is 3.64. The van der Waals surface area contributed by atoms with Gasteiger partial charge in [0.2, 0.25) is 0 Å². The van der Waals surface area contributed by atoms with Gasteiger partial charge in [-0.25, -0.2) is 9.37 Å². The maximum Gasteiger partial charge on any atom is 0.165 e. The lowest BCUT2D eigenvalue weighted by atomic mass is 10.2. The molecule has 0 aliphatic rings. The quantitative estimate of drug-likeness (QED) is 0.432. The summed E-state index contributed by atoms with van der Waals surface area (Å²) < 4.78 is 19.9. The summed E-state index contributed by atoms with van der Waals surface area (Å²) in [7, 11) is 0. The van der Waals surface area contributed by atoms with E-state index in [0.717, 1.165) is 11.4 Å². The molecule has 0 aliphatic heterocycles. The number of hydrogen-bond donors (Lipinski definition) is 3. The molecule has 3 aromatic rings. The van der Waals surface area contributed by atoms with Crippen LogP contribution >= 0.6 is 35.3 Å². The zero-order valence-corrected chi connectivity index (χ0v) is 19.6. The van der Waals surface area contributed by atoms with Crippen molar-refractivity contribution in [2.75, 3.05) is 11.9 Å². The summed E-state index contributed by atoms with van der Waals surface area (Å²) in [5, 5.41) is 22.4. The molecule has 0 unspecified atom stereocenters. The highest BCUT2D eigenvalue weighted by molar-refractivity contribution is 7.18. The molecule has 0 saturated heterocycles. The molecule has 2 aromatic heterocycles. The molecule has 2 heterocycles. The highest BCUT2D eigenvalue weighted by Gasteiger charge is 2.17. The van der Waals surface area contributed by atoms with Crippen LogP contribution in [0.4, 0.5) is 10.2 Å². The number of rotatable bonds is 8. The lowest BCUT2D eigenvalue weighted by Gasteiger charge is -2.16. The molecule has 7 nitrogen and oxygen atoms in total. The first-order chi connectivity index (χ1) is 14.2. The van der Waals surface area contributed by atoms with E-state index in [4.69, 9.17) is 22.1 Å². The van der Waals surface area contributed by atoms with E-state index in [1.54, 1.807) is 6.20 Å². The van der Waals surface area contributed by atoms with Crippen molar-refractivity contribution in [1.29, 1.82) is 0 Å². The van der Waals surface area contributed by atoms with Crippen LogP contribution < -0.4 is 15.8 Å². The van der Waals surface area contributed by atoms with E-state index in [1.165, 1.54) is 30.4 Å². The topological polar surface area (TPSA) is 106 Å². The second-order valence-electron chi connectivity index (χ2n) is 7.12. The molecular formula is C20H24Cl2FN5O2S. The number of aromatic nitrogens is 3. The number of ether oxygens (including phenoxy) is 1. The molecule has 0 bridgehead atoms. The monoisotopic (exact) mass is 487 g/mol. The zero-order valence-electron chi connectivity index (χ0n) is 17.2. The molecule has 0 radical (unpaired) electrons. The smallest absolute Gasteiger partial charge is 0.165 e. The number of hydrogen-bond acceptors (Lipinski definition) is 8. The minimum atomic E-state index is -0.771. The highest BCUT2D eigenvalue weighted by atomic mass is 35.5. The van der Waals surface area contributed by atoms with Crippen LogP contribution in [0, 0.1) is 5.82 Å². The van der Waals surface area contributed by atoms with Gasteiger partial charge in [0.05, 0.1) is 17.2 Å². The second kappa shape index (κ2) is 11.0. The largest absolute Gasteiger partial charge is 0.489 e. The van der Waals surface area contributed by atoms with Crippen molar-refractivity contribution >= 4 is 41.2 Å². The SMILES string of the molecule is CC(C)Nc1ccc(-c2nnc(-c3cc(F)c(OC[C@@H](N)[C@@H](C)O)cc3Cl)s2)cn1.Cl. The van der Waals surface area contributed by atoms with Crippen molar-refractivity contribution in [3.05, 3.63) is 41.3 Å². The van der Waals surface area contributed by atoms with E-state index in [2.05, 4.69) is 20.5 Å². The van der Waals surface area contributed by atoms with Gasteiger partial charge in [0, 0.05) is 29.4 Å². The molecule has 4 N–H and O–H groups in total. The van der Waals surface area contributed by atoms with Gasteiger partial charge in [-0.3, -0.25) is 0 Å². The number of benzene rings is 1. The van der Waals surface area contributed by atoms with E-state index in [-0.39, 0.29) is 35.8 Å². The Morgan fingerprint density at radius 2 is 1.94 bits per heavy atom. The van der Waals surface area contributed by atoms with Gasteiger partial charge in [0.1, 0.15) is 22.4 Å². The Morgan fingerprint density at radius 3 is 2.55 bits per heavy atom. The molecule has 0 aliphatic carbocycles. The Morgan fingerprint density at radius 1 is 1.23 bits per heavy atom. The Balaban J connectivity index is 0.00000341. The minimum absolute atomic E-state index is 0. The van der Waals surface area contributed by atoms with Gasteiger partial charge >= 0.3 is 0 Å². The third-order valence-corrected chi connectivity index (χ3v) is 5.49. The van der Waals surface area contributed by atoms with Crippen LogP contribution in [0.2, 0.25) is 5.02 Å². The molecule has 11 heteroatoms. The number of pyridine rings is 1. The Hall–Kier alpha value is -2.04. The van der Waals surface area contributed by atoms with Gasteiger partial charge in [0.15, 0.2) is 11.6 Å². The third-order valence-electron chi connectivity index (χ3n) is 4.17. The fraction of sp³-hybridized carbons (Fsp3) is 0.350. The van der Waals surface area contributed by atoms with Crippen molar-refractivity contribution in [3.63, 3.8) is 0 Å². The van der Waals surface area contributed by atoms with Gasteiger partial charge in [0.25, 0.3) is 0 Å². The van der Waals surface area contributed by atoms with Crippen LogP contribution in [-0.2, 0) is 0 Å². The molecule has 0 saturated carbocycles. The Kier molecular flexibility index (Phi) is 8.96. The van der Waals surface area contributed by atoms with Gasteiger partial charge in [-0.05, 0) is 39.0 Å². The van der Waals surface area contributed by atoms with E-state index in [0.29, 0.717) is 15.6 Å². The predicted octanol–water partition coefficient (Wildman–Crippen LogP) is 4.39. The van der Waals surface area contributed by atoms with Gasteiger partial charge in [-0.2, -0.15) is 0 Å². The van der Waals surface area contributed by atoms with Crippen molar-refractivity contribution in [1.82, 2.24) is 15.2 Å². The third kappa shape index (κ3) is 6.47. The van der Waals surface area contributed by atoms with Crippen LogP contribution in [0.25, 0.3) is 21.1 Å². The summed E-state index contributed by atoms with van der Waals surface area (Å²) >= 11 is 7.61. The van der Waals surface area contributed by atoms with Crippen LogP contribution in [0.15, 0.2) is 30.5 Å². The molecule has 31 heavy (non-hydrogen) atoms. The predicted molar refractivity (Wildman–Crippen MR) is 125 cm³/mol. The van der Waals surface area contributed by atoms with Crippen molar-refractivity contribution in [3.8, 4) is 26.9 Å². The summed E-state index contributed by atoms with van der Waals surface area (Å²) in [5.74, 6) is 0.131. The number of nitrogens with one attached hydrogen (secondary N) is 1. The van der Waals surface area contributed by atoms with Gasteiger partial charge < -0.3 is 20.9 Å². The molecular weight excluding hydrogens is 464 g/mol. The molecule has 0 spiro atoms. The van der Waals surface area contributed by atoms with Crippen LogP contribution in [-0.4, -0.2) is 45.1 Å². The molecule has 3 rings (SSSR count). The number of halogens is 3. The molecule has 1 aromatic carbocycles.